The van der Waals surface area contributed by atoms with Crippen LogP contribution in [-0.2, 0) is 0 Å². The number of rotatable bonds is 8. The van der Waals surface area contributed by atoms with Crippen molar-refractivity contribution in [1.29, 1.82) is 0 Å². The van der Waals surface area contributed by atoms with Gasteiger partial charge in [0, 0.05) is 42.9 Å². The highest BCUT2D eigenvalue weighted by Gasteiger charge is 2.25. The predicted octanol–water partition coefficient (Wildman–Crippen LogP) is 4.02. The number of likely N-dealkylation sites (tertiary alicyclic amines) is 1. The van der Waals surface area contributed by atoms with Gasteiger partial charge in [-0.15, -0.1) is 0 Å². The minimum atomic E-state index is -0.0793. The van der Waals surface area contributed by atoms with Gasteiger partial charge in [-0.2, -0.15) is 0 Å². The van der Waals surface area contributed by atoms with E-state index in [4.69, 9.17) is 4.74 Å². The number of carbonyl (C=O) groups is 2. The van der Waals surface area contributed by atoms with Crippen molar-refractivity contribution < 1.29 is 14.3 Å². The lowest BCUT2D eigenvalue weighted by Crippen LogP contribution is -2.38. The van der Waals surface area contributed by atoms with Crippen LogP contribution in [0.5, 0.6) is 5.75 Å². The summed E-state index contributed by atoms with van der Waals surface area (Å²) in [4.78, 5) is 34.3. The zero-order valence-corrected chi connectivity index (χ0v) is 18.5. The van der Waals surface area contributed by atoms with Gasteiger partial charge >= 0.3 is 0 Å². The Morgan fingerprint density at radius 3 is 2.78 bits per heavy atom. The standard InChI is InChI=1S/C25H30N4O3/c1-32-23-8-3-2-7-20(23)25(31)29-14-10-18(11-15-29)6-4-5-12-27-24(30)22-16-19-17-26-13-9-21(19)28-22/h2-3,7-9,13,16-18,28H,4-6,10-12,14-15H2,1H3,(H,27,30). The Morgan fingerprint density at radius 2 is 2.00 bits per heavy atom. The van der Waals surface area contributed by atoms with Crippen LogP contribution in [0.15, 0.2) is 48.8 Å². The van der Waals surface area contributed by atoms with Crippen LogP contribution < -0.4 is 10.1 Å². The van der Waals surface area contributed by atoms with Gasteiger partial charge < -0.3 is 19.9 Å². The van der Waals surface area contributed by atoms with Crippen molar-refractivity contribution in [1.82, 2.24) is 20.2 Å². The summed E-state index contributed by atoms with van der Waals surface area (Å²) < 4.78 is 5.33. The number of aromatic nitrogens is 2. The van der Waals surface area contributed by atoms with Gasteiger partial charge in [0.25, 0.3) is 11.8 Å². The summed E-state index contributed by atoms with van der Waals surface area (Å²) in [7, 11) is 1.60. The van der Waals surface area contributed by atoms with Gasteiger partial charge in [-0.3, -0.25) is 14.6 Å². The Bertz CT molecular complexity index is 1040. The maximum absolute atomic E-state index is 12.8. The number of nitrogens with zero attached hydrogens (tertiary/aromatic N) is 2. The molecule has 2 amide bonds. The first-order valence-corrected chi connectivity index (χ1v) is 11.3. The van der Waals surface area contributed by atoms with E-state index in [0.29, 0.717) is 29.5 Å². The van der Waals surface area contributed by atoms with Crippen molar-refractivity contribution in [3.05, 3.63) is 60.0 Å². The van der Waals surface area contributed by atoms with Gasteiger partial charge in [0.1, 0.15) is 11.4 Å². The van der Waals surface area contributed by atoms with Crippen molar-refractivity contribution in [2.24, 2.45) is 5.92 Å². The molecule has 0 aliphatic carbocycles. The lowest BCUT2D eigenvalue weighted by Gasteiger charge is -2.32. The number of piperidine rings is 1. The molecule has 32 heavy (non-hydrogen) atoms. The fourth-order valence-electron chi connectivity index (χ4n) is 4.37. The summed E-state index contributed by atoms with van der Waals surface area (Å²) in [5.41, 5.74) is 2.12. The van der Waals surface area contributed by atoms with Gasteiger partial charge in [-0.25, -0.2) is 0 Å². The van der Waals surface area contributed by atoms with Crippen molar-refractivity contribution >= 4 is 22.7 Å². The number of nitrogens with one attached hydrogen (secondary N) is 2. The molecule has 4 rings (SSSR count). The van der Waals surface area contributed by atoms with Crippen LogP contribution in [0.25, 0.3) is 10.9 Å². The number of methoxy groups -OCH3 is 1. The van der Waals surface area contributed by atoms with Crippen LogP contribution in [0.3, 0.4) is 0 Å². The number of para-hydroxylation sites is 1. The Kier molecular flexibility index (Phi) is 7.04. The molecule has 0 spiro atoms. The number of H-pyrrole nitrogens is 1. The minimum Gasteiger partial charge on any atom is -0.496 e. The molecular weight excluding hydrogens is 404 g/mol. The average molecular weight is 435 g/mol. The van der Waals surface area contributed by atoms with E-state index >= 15 is 0 Å². The van der Waals surface area contributed by atoms with E-state index in [1.165, 1.54) is 0 Å². The molecule has 1 saturated heterocycles. The van der Waals surface area contributed by atoms with Crippen LogP contribution in [0, 0.1) is 5.92 Å². The van der Waals surface area contributed by atoms with Gasteiger partial charge in [0.2, 0.25) is 0 Å². The third kappa shape index (κ3) is 5.10. The maximum atomic E-state index is 12.8. The Balaban J connectivity index is 1.15. The van der Waals surface area contributed by atoms with Crippen molar-refractivity contribution in [3.63, 3.8) is 0 Å². The van der Waals surface area contributed by atoms with E-state index in [9.17, 15) is 9.59 Å². The molecule has 0 radical (unpaired) electrons. The molecule has 1 aromatic carbocycles. The lowest BCUT2D eigenvalue weighted by atomic mass is 9.91. The van der Waals surface area contributed by atoms with Crippen molar-refractivity contribution in [3.8, 4) is 5.75 Å². The molecule has 1 aliphatic rings. The summed E-state index contributed by atoms with van der Waals surface area (Å²) >= 11 is 0. The van der Waals surface area contributed by atoms with E-state index in [-0.39, 0.29) is 11.8 Å². The number of benzene rings is 1. The smallest absolute Gasteiger partial charge is 0.267 e. The number of amides is 2. The third-order valence-corrected chi connectivity index (χ3v) is 6.23. The highest BCUT2D eigenvalue weighted by atomic mass is 16.5. The first-order chi connectivity index (χ1) is 15.7. The molecule has 2 aromatic heterocycles. The second-order valence-corrected chi connectivity index (χ2v) is 8.33. The van der Waals surface area contributed by atoms with Gasteiger partial charge in [-0.1, -0.05) is 25.0 Å². The van der Waals surface area contributed by atoms with Crippen LogP contribution >= 0.6 is 0 Å². The molecule has 3 heterocycles. The Morgan fingerprint density at radius 1 is 1.19 bits per heavy atom. The molecular formula is C25H30N4O3. The number of unbranched alkanes of at least 4 members (excludes halogenated alkanes) is 1. The molecule has 0 atom stereocenters. The largest absolute Gasteiger partial charge is 0.496 e. The average Bonchev–Trinajstić information content (AvgIpc) is 3.28. The van der Waals surface area contributed by atoms with E-state index in [1.54, 1.807) is 19.5 Å². The zero-order chi connectivity index (χ0) is 22.3. The summed E-state index contributed by atoms with van der Waals surface area (Å²) in [5, 5.41) is 3.93. The van der Waals surface area contributed by atoms with Crippen LogP contribution in [0.4, 0.5) is 0 Å². The van der Waals surface area contributed by atoms with E-state index < -0.39 is 0 Å². The van der Waals surface area contributed by atoms with E-state index in [2.05, 4.69) is 15.3 Å². The van der Waals surface area contributed by atoms with Crippen LogP contribution in [0.2, 0.25) is 0 Å². The molecule has 0 unspecified atom stereocenters. The molecule has 7 nitrogen and oxygen atoms in total. The van der Waals surface area contributed by atoms with E-state index in [1.807, 2.05) is 41.3 Å². The zero-order valence-electron chi connectivity index (χ0n) is 18.5. The number of carbonyl (C=O) groups excluding carboxylic acids is 2. The topological polar surface area (TPSA) is 87.3 Å². The second kappa shape index (κ2) is 10.3. The first-order valence-electron chi connectivity index (χ1n) is 11.3. The van der Waals surface area contributed by atoms with Crippen LogP contribution in [-0.4, -0.2) is 53.4 Å². The second-order valence-electron chi connectivity index (χ2n) is 8.33. The lowest BCUT2D eigenvalue weighted by molar-refractivity contribution is 0.0682. The number of hydrogen-bond donors (Lipinski definition) is 2. The Labute approximate surface area is 188 Å². The monoisotopic (exact) mass is 434 g/mol. The number of pyridine rings is 1. The van der Waals surface area contributed by atoms with Gasteiger partial charge in [-0.05, 0) is 49.4 Å². The number of ether oxygens (including phenoxy) is 1. The van der Waals surface area contributed by atoms with E-state index in [0.717, 1.165) is 56.1 Å². The molecule has 0 saturated carbocycles. The first kappa shape index (κ1) is 21.9. The highest BCUT2D eigenvalue weighted by molar-refractivity contribution is 5.98. The summed E-state index contributed by atoms with van der Waals surface area (Å²) in [6.07, 6.45) is 8.66. The molecule has 1 aliphatic heterocycles. The normalized spacial score (nSPS) is 14.5. The fourth-order valence-corrected chi connectivity index (χ4v) is 4.37. The molecule has 2 N–H and O–H groups in total. The fraction of sp³-hybridized carbons (Fsp3) is 0.400. The summed E-state index contributed by atoms with van der Waals surface area (Å²) in [5.74, 6) is 1.24. The summed E-state index contributed by atoms with van der Waals surface area (Å²) in [6.45, 7) is 2.23. The van der Waals surface area contributed by atoms with Gasteiger partial charge in [0.05, 0.1) is 12.7 Å². The molecule has 168 valence electrons. The molecule has 3 aromatic rings. The maximum Gasteiger partial charge on any atom is 0.267 e. The summed E-state index contributed by atoms with van der Waals surface area (Å²) in [6, 6.07) is 11.1. The number of hydrogen-bond acceptors (Lipinski definition) is 4. The molecule has 1 fully saturated rings. The van der Waals surface area contributed by atoms with Crippen molar-refractivity contribution in [2.75, 3.05) is 26.7 Å². The minimum absolute atomic E-state index is 0.0522. The SMILES string of the molecule is COc1ccccc1C(=O)N1CCC(CCCCNC(=O)c2cc3cnccc3[nH]2)CC1. The van der Waals surface area contributed by atoms with Crippen molar-refractivity contribution in [2.45, 2.75) is 32.1 Å². The third-order valence-electron chi connectivity index (χ3n) is 6.23. The van der Waals surface area contributed by atoms with Crippen LogP contribution in [0.1, 0.15) is 53.0 Å². The highest BCUT2D eigenvalue weighted by Crippen LogP contribution is 2.26. The van der Waals surface area contributed by atoms with Gasteiger partial charge in [0.15, 0.2) is 0 Å². The quantitative estimate of drug-likeness (QED) is 0.524. The number of aromatic amines is 1. The number of fused-ring (bicyclic) bond motifs is 1. The Hall–Kier alpha value is -3.35. The molecule has 7 heteroatoms. The molecule has 0 bridgehead atoms. The predicted molar refractivity (Wildman–Crippen MR) is 124 cm³/mol.